The quantitative estimate of drug-likeness (QED) is 0.586. The number of nitrogens with zero attached hydrogens (tertiary/aromatic N) is 1. The van der Waals surface area contributed by atoms with Crippen molar-refractivity contribution in [3.8, 4) is 0 Å². The Morgan fingerprint density at radius 3 is 1.93 bits per heavy atom. The van der Waals surface area contributed by atoms with Crippen molar-refractivity contribution in [2.75, 3.05) is 19.0 Å². The van der Waals surface area contributed by atoms with Crippen molar-refractivity contribution in [1.82, 2.24) is 4.90 Å². The van der Waals surface area contributed by atoms with Gasteiger partial charge in [0.25, 0.3) is 0 Å². The van der Waals surface area contributed by atoms with E-state index in [1.807, 2.05) is 25.7 Å². The summed E-state index contributed by atoms with van der Waals surface area (Å²) in [4.78, 5) is 12.3. The molecule has 0 aromatic heterocycles. The Hall–Kier alpha value is -0.700. The molecule has 4 heteroatoms. The van der Waals surface area contributed by atoms with Crippen LogP contribution < -0.4 is 0 Å². The topological polar surface area (TPSA) is 40.5 Å². The zero-order valence-electron chi connectivity index (χ0n) is 9.38. The Morgan fingerprint density at radius 2 is 1.71 bits per heavy atom. The molecule has 0 heterocycles. The third kappa shape index (κ3) is 9.39. The molecule has 0 aliphatic rings. The molecule has 84 valence electrons. The molecule has 0 aliphatic heterocycles. The van der Waals surface area contributed by atoms with Crippen molar-refractivity contribution < 1.29 is 9.90 Å². The van der Waals surface area contributed by atoms with E-state index in [1.54, 1.807) is 13.1 Å². The SMILES string of the molecule is CCCl.CCN(C=C(C)C(=O)O)CC. The molecule has 0 fully saturated rings. The maximum Gasteiger partial charge on any atom is 0.332 e. The third-order valence-electron chi connectivity index (χ3n) is 1.53. The van der Waals surface area contributed by atoms with Gasteiger partial charge in [-0.3, -0.25) is 0 Å². The Morgan fingerprint density at radius 1 is 1.36 bits per heavy atom. The highest BCUT2D eigenvalue weighted by Gasteiger charge is 2.00. The molecule has 0 bridgehead atoms. The van der Waals surface area contributed by atoms with Crippen LogP contribution in [0.1, 0.15) is 27.7 Å². The average molecular weight is 222 g/mol. The Kier molecular flexibility index (Phi) is 11.7. The van der Waals surface area contributed by atoms with Gasteiger partial charge in [-0.15, -0.1) is 11.6 Å². The van der Waals surface area contributed by atoms with Crippen molar-refractivity contribution in [1.29, 1.82) is 0 Å². The van der Waals surface area contributed by atoms with E-state index in [2.05, 4.69) is 0 Å². The zero-order chi connectivity index (χ0) is 11.6. The first-order chi connectivity index (χ1) is 6.53. The van der Waals surface area contributed by atoms with Crippen LogP contribution in [0.2, 0.25) is 0 Å². The van der Waals surface area contributed by atoms with Crippen LogP contribution in [0.4, 0.5) is 0 Å². The van der Waals surface area contributed by atoms with Crippen LogP contribution in [0, 0.1) is 0 Å². The van der Waals surface area contributed by atoms with Crippen LogP contribution >= 0.6 is 11.6 Å². The number of hydrogen-bond donors (Lipinski definition) is 1. The largest absolute Gasteiger partial charge is 0.478 e. The van der Waals surface area contributed by atoms with Crippen LogP contribution in [0.5, 0.6) is 0 Å². The van der Waals surface area contributed by atoms with Crippen LogP contribution in [0.15, 0.2) is 11.8 Å². The lowest BCUT2D eigenvalue weighted by Gasteiger charge is -2.15. The van der Waals surface area contributed by atoms with Gasteiger partial charge >= 0.3 is 5.97 Å². The van der Waals surface area contributed by atoms with Crippen LogP contribution in [-0.4, -0.2) is 34.9 Å². The molecule has 0 radical (unpaired) electrons. The van der Waals surface area contributed by atoms with Crippen molar-refractivity contribution in [3.05, 3.63) is 11.8 Å². The molecule has 0 unspecified atom stereocenters. The fourth-order valence-corrected chi connectivity index (χ4v) is 0.735. The lowest BCUT2D eigenvalue weighted by Crippen LogP contribution is -2.17. The summed E-state index contributed by atoms with van der Waals surface area (Å²) in [5.74, 6) is -0.128. The lowest BCUT2D eigenvalue weighted by molar-refractivity contribution is -0.132. The Balaban J connectivity index is 0. The monoisotopic (exact) mass is 221 g/mol. The molecule has 0 saturated carbocycles. The number of carboxylic acids is 1. The number of aliphatic carboxylic acids is 1. The van der Waals surface area contributed by atoms with Gasteiger partial charge in [-0.25, -0.2) is 4.79 Å². The summed E-state index contributed by atoms with van der Waals surface area (Å²) in [5.41, 5.74) is 0.383. The lowest BCUT2D eigenvalue weighted by atomic mass is 10.3. The second-order valence-electron chi connectivity index (χ2n) is 2.61. The summed E-state index contributed by atoms with van der Waals surface area (Å²) in [5, 5.41) is 8.53. The van der Waals surface area contributed by atoms with Crippen molar-refractivity contribution in [2.24, 2.45) is 0 Å². The van der Waals surface area contributed by atoms with E-state index in [4.69, 9.17) is 16.7 Å². The number of alkyl halides is 1. The first kappa shape index (κ1) is 15.8. The number of hydrogen-bond acceptors (Lipinski definition) is 2. The van der Waals surface area contributed by atoms with Gasteiger partial charge in [-0.05, 0) is 20.8 Å². The minimum atomic E-state index is -0.850. The van der Waals surface area contributed by atoms with Crippen molar-refractivity contribution >= 4 is 17.6 Å². The highest BCUT2D eigenvalue weighted by atomic mass is 35.5. The fraction of sp³-hybridized carbons (Fsp3) is 0.700. The summed E-state index contributed by atoms with van der Waals surface area (Å²) in [6.07, 6.45) is 1.67. The summed E-state index contributed by atoms with van der Waals surface area (Å²) in [7, 11) is 0. The minimum Gasteiger partial charge on any atom is -0.478 e. The average Bonchev–Trinajstić information content (AvgIpc) is 2.14. The summed E-state index contributed by atoms with van der Waals surface area (Å²) < 4.78 is 0. The van der Waals surface area contributed by atoms with Gasteiger partial charge in [-0.1, -0.05) is 6.92 Å². The van der Waals surface area contributed by atoms with Crippen LogP contribution in [-0.2, 0) is 4.79 Å². The van der Waals surface area contributed by atoms with E-state index in [9.17, 15) is 4.79 Å². The highest BCUT2D eigenvalue weighted by molar-refractivity contribution is 6.17. The van der Waals surface area contributed by atoms with Gasteiger partial charge in [0, 0.05) is 30.7 Å². The number of halogens is 1. The Labute approximate surface area is 91.4 Å². The molecular weight excluding hydrogens is 202 g/mol. The van der Waals surface area contributed by atoms with Crippen molar-refractivity contribution in [3.63, 3.8) is 0 Å². The predicted octanol–water partition coefficient (Wildman–Crippen LogP) is 2.56. The van der Waals surface area contributed by atoms with Gasteiger partial charge in [0.05, 0.1) is 0 Å². The van der Waals surface area contributed by atoms with Crippen molar-refractivity contribution in [2.45, 2.75) is 27.7 Å². The molecule has 0 rings (SSSR count). The van der Waals surface area contributed by atoms with E-state index in [0.29, 0.717) is 5.57 Å². The standard InChI is InChI=1S/C8H15NO2.C2H5Cl/c1-4-9(5-2)6-7(3)8(10)11;1-2-3/h6H,4-5H2,1-3H3,(H,10,11);2H2,1H3. The molecule has 0 saturated heterocycles. The zero-order valence-corrected chi connectivity index (χ0v) is 10.1. The van der Waals surface area contributed by atoms with Gasteiger partial charge < -0.3 is 10.0 Å². The number of carboxylic acid groups (broad SMARTS) is 1. The maximum absolute atomic E-state index is 10.4. The predicted molar refractivity (Wildman–Crippen MR) is 60.7 cm³/mol. The number of carbonyl (C=O) groups is 1. The highest BCUT2D eigenvalue weighted by Crippen LogP contribution is 1.96. The van der Waals surface area contributed by atoms with Gasteiger partial charge in [0.2, 0.25) is 0 Å². The van der Waals surface area contributed by atoms with Gasteiger partial charge in [0.15, 0.2) is 0 Å². The molecule has 0 aliphatic carbocycles. The molecule has 0 amide bonds. The molecule has 14 heavy (non-hydrogen) atoms. The molecule has 0 aromatic carbocycles. The molecular formula is C10H20ClNO2. The molecule has 0 aromatic rings. The fourth-order valence-electron chi connectivity index (χ4n) is 0.735. The number of rotatable bonds is 4. The summed E-state index contributed by atoms with van der Waals surface area (Å²) >= 11 is 5.00. The summed E-state index contributed by atoms with van der Waals surface area (Å²) in [6.45, 7) is 9.18. The second-order valence-corrected chi connectivity index (χ2v) is 3.14. The third-order valence-corrected chi connectivity index (χ3v) is 1.53. The minimum absolute atomic E-state index is 0.383. The molecule has 0 spiro atoms. The normalized spacial score (nSPS) is 10.2. The Bertz CT molecular complexity index is 177. The smallest absolute Gasteiger partial charge is 0.332 e. The van der Waals surface area contributed by atoms with Crippen LogP contribution in [0.25, 0.3) is 0 Å². The van der Waals surface area contributed by atoms with E-state index in [1.165, 1.54) is 0 Å². The summed E-state index contributed by atoms with van der Waals surface area (Å²) in [6, 6.07) is 0. The molecule has 0 atom stereocenters. The maximum atomic E-state index is 10.4. The van der Waals surface area contributed by atoms with Gasteiger partial charge in [-0.2, -0.15) is 0 Å². The first-order valence-electron chi connectivity index (χ1n) is 4.75. The first-order valence-corrected chi connectivity index (χ1v) is 5.28. The van der Waals surface area contributed by atoms with Gasteiger partial charge in [0.1, 0.15) is 0 Å². The molecule has 1 N–H and O–H groups in total. The van der Waals surface area contributed by atoms with E-state index >= 15 is 0 Å². The van der Waals surface area contributed by atoms with E-state index < -0.39 is 5.97 Å². The van der Waals surface area contributed by atoms with Crippen LogP contribution in [0.3, 0.4) is 0 Å². The van der Waals surface area contributed by atoms with E-state index in [0.717, 1.165) is 19.0 Å². The second kappa shape index (κ2) is 10.4. The van der Waals surface area contributed by atoms with E-state index in [-0.39, 0.29) is 0 Å². The molecule has 3 nitrogen and oxygen atoms in total.